The number of rotatable bonds is 10. The third-order valence-electron chi connectivity index (χ3n) is 8.43. The van der Waals surface area contributed by atoms with Crippen LogP contribution in [0.5, 0.6) is 23.0 Å². The number of ether oxygens (including phenoxy) is 2. The van der Waals surface area contributed by atoms with Gasteiger partial charge in [0.15, 0.2) is 0 Å². The Bertz CT molecular complexity index is 1420. The van der Waals surface area contributed by atoms with Crippen molar-refractivity contribution in [1.82, 2.24) is 0 Å². The number of phenols is 2. The molecule has 0 spiro atoms. The molecule has 0 fully saturated rings. The molecule has 0 aliphatic carbocycles. The molecular weight excluding hydrogens is 532 g/mol. The monoisotopic (exact) mass is 580 g/mol. The third-order valence-corrected chi connectivity index (χ3v) is 8.43. The van der Waals surface area contributed by atoms with Gasteiger partial charge in [0.05, 0.1) is 12.2 Å². The van der Waals surface area contributed by atoms with Crippen LogP contribution < -0.4 is 9.47 Å². The largest absolute Gasteiger partial charge is 0.507 e. The smallest absolute Gasteiger partial charge is 0.125 e. The Kier molecular flexibility index (Phi) is 9.79. The van der Waals surface area contributed by atoms with E-state index < -0.39 is 0 Å². The summed E-state index contributed by atoms with van der Waals surface area (Å²) in [6.45, 7) is 20.5. The van der Waals surface area contributed by atoms with E-state index in [-0.39, 0.29) is 12.2 Å². The highest BCUT2D eigenvalue weighted by atomic mass is 16.5. The molecule has 228 valence electrons. The molecule has 0 aliphatic heterocycles. The number of phenolic OH excluding ortho intramolecular Hbond substituents is 2. The van der Waals surface area contributed by atoms with Crippen LogP contribution in [0, 0.1) is 55.4 Å². The Morgan fingerprint density at radius 2 is 0.674 bits per heavy atom. The minimum Gasteiger partial charge on any atom is -0.507 e. The lowest BCUT2D eigenvalue weighted by molar-refractivity contribution is 0.176. The Labute approximate surface area is 258 Å². The molecule has 0 saturated carbocycles. The van der Waals surface area contributed by atoms with Gasteiger partial charge in [0.1, 0.15) is 23.0 Å². The minimum atomic E-state index is 0.0913. The van der Waals surface area contributed by atoms with Crippen LogP contribution in [0.3, 0.4) is 0 Å². The molecule has 0 amide bonds. The fraction of sp³-hybridized carbons (Fsp3) is 0.385. The average Bonchev–Trinajstić information content (AvgIpc) is 2.93. The summed E-state index contributed by atoms with van der Waals surface area (Å²) in [6.07, 6.45) is 3.08. The Balaban J connectivity index is 1.34. The van der Waals surface area contributed by atoms with Gasteiger partial charge in [0.25, 0.3) is 0 Å². The first-order chi connectivity index (χ1) is 20.2. The Hall–Kier alpha value is -3.92. The van der Waals surface area contributed by atoms with Crippen LogP contribution in [0.1, 0.15) is 77.6 Å². The van der Waals surface area contributed by atoms with Gasteiger partial charge in [-0.3, -0.25) is 0 Å². The van der Waals surface area contributed by atoms with Gasteiger partial charge in [0, 0.05) is 0 Å². The zero-order valence-corrected chi connectivity index (χ0v) is 27.6. The topological polar surface area (TPSA) is 58.9 Å². The first kappa shape index (κ1) is 32.0. The van der Waals surface area contributed by atoms with Gasteiger partial charge in [-0.2, -0.15) is 0 Å². The predicted molar refractivity (Wildman–Crippen MR) is 179 cm³/mol. The van der Waals surface area contributed by atoms with Gasteiger partial charge in [-0.15, -0.1) is 0 Å². The zero-order chi connectivity index (χ0) is 31.6. The third kappa shape index (κ3) is 7.36. The number of aromatic hydroxyl groups is 2. The number of hydrogen-bond acceptors (Lipinski definition) is 4. The molecular formula is C39H48O4. The molecule has 43 heavy (non-hydrogen) atoms. The summed E-state index contributed by atoms with van der Waals surface area (Å²) in [6, 6.07) is 16.9. The van der Waals surface area contributed by atoms with Crippen LogP contribution in [0.15, 0.2) is 48.5 Å². The van der Waals surface area contributed by atoms with E-state index >= 15 is 0 Å². The molecule has 0 bridgehead atoms. The van der Waals surface area contributed by atoms with E-state index in [1.54, 1.807) is 0 Å². The van der Waals surface area contributed by atoms with Crippen molar-refractivity contribution in [3.05, 3.63) is 93.0 Å². The number of aryl methyl sites for hydroxylation is 8. The van der Waals surface area contributed by atoms with Gasteiger partial charge in [-0.25, -0.2) is 0 Å². The quantitative estimate of drug-likeness (QED) is 0.196. The number of hydrogen-bond donors (Lipinski definition) is 2. The lowest BCUT2D eigenvalue weighted by Gasteiger charge is -2.22. The first-order valence-electron chi connectivity index (χ1n) is 15.4. The highest BCUT2D eigenvalue weighted by molar-refractivity contribution is 5.71. The predicted octanol–water partition coefficient (Wildman–Crippen LogP) is 10.3. The van der Waals surface area contributed by atoms with Crippen molar-refractivity contribution in [1.29, 1.82) is 0 Å². The van der Waals surface area contributed by atoms with Crippen molar-refractivity contribution < 1.29 is 19.7 Å². The average molecular weight is 581 g/mol. The zero-order valence-electron chi connectivity index (χ0n) is 27.6. The molecule has 2 unspecified atom stereocenters. The van der Waals surface area contributed by atoms with Gasteiger partial charge < -0.3 is 19.7 Å². The maximum atomic E-state index is 10.2. The van der Waals surface area contributed by atoms with E-state index in [1.807, 2.05) is 52.0 Å². The maximum absolute atomic E-state index is 10.2. The van der Waals surface area contributed by atoms with Crippen molar-refractivity contribution >= 4 is 0 Å². The molecule has 0 aliphatic rings. The van der Waals surface area contributed by atoms with E-state index in [0.29, 0.717) is 11.5 Å². The normalized spacial score (nSPS) is 12.7. The van der Waals surface area contributed by atoms with E-state index in [2.05, 4.69) is 65.8 Å². The summed E-state index contributed by atoms with van der Waals surface area (Å²) >= 11 is 0. The highest BCUT2D eigenvalue weighted by Gasteiger charge is 2.16. The fourth-order valence-corrected chi connectivity index (χ4v) is 6.06. The first-order valence-corrected chi connectivity index (χ1v) is 15.4. The summed E-state index contributed by atoms with van der Waals surface area (Å²) in [5, 5.41) is 20.3. The van der Waals surface area contributed by atoms with Gasteiger partial charge in [0.2, 0.25) is 0 Å². The molecule has 4 aromatic rings. The van der Waals surface area contributed by atoms with E-state index in [4.69, 9.17) is 9.47 Å². The van der Waals surface area contributed by atoms with Gasteiger partial charge in [-0.05, 0) is 204 Å². The van der Waals surface area contributed by atoms with Crippen molar-refractivity contribution in [3.63, 3.8) is 0 Å². The SMILES string of the molecule is Cc1cc(-c2cc(C)c(OC(C)CCCC(C)Oc3c(C)cc(-c4cc(C)c(O)c(C)c4)cc3C)c(C)c2)cc(C)c1O. The van der Waals surface area contributed by atoms with E-state index in [0.717, 1.165) is 97.5 Å². The van der Waals surface area contributed by atoms with E-state index in [9.17, 15) is 10.2 Å². The van der Waals surface area contributed by atoms with Crippen LogP contribution in [0.25, 0.3) is 22.3 Å². The fourth-order valence-electron chi connectivity index (χ4n) is 6.06. The summed E-state index contributed by atoms with van der Waals surface area (Å²) in [5.41, 5.74) is 12.5. The summed E-state index contributed by atoms with van der Waals surface area (Å²) < 4.78 is 12.9. The Morgan fingerprint density at radius 3 is 0.930 bits per heavy atom. The van der Waals surface area contributed by atoms with Crippen LogP contribution >= 0.6 is 0 Å². The molecule has 4 heteroatoms. The second-order valence-corrected chi connectivity index (χ2v) is 12.6. The molecule has 2 N–H and O–H groups in total. The second kappa shape index (κ2) is 13.2. The second-order valence-electron chi connectivity index (χ2n) is 12.6. The maximum Gasteiger partial charge on any atom is 0.125 e. The molecule has 0 aromatic heterocycles. The molecule has 0 radical (unpaired) electrons. The highest BCUT2D eigenvalue weighted by Crippen LogP contribution is 2.36. The molecule has 4 rings (SSSR count). The van der Waals surface area contributed by atoms with Crippen molar-refractivity contribution in [2.45, 2.75) is 101 Å². The van der Waals surface area contributed by atoms with Crippen molar-refractivity contribution in [3.8, 4) is 45.3 Å². The summed E-state index contributed by atoms with van der Waals surface area (Å²) in [4.78, 5) is 0. The lowest BCUT2D eigenvalue weighted by Crippen LogP contribution is -2.17. The summed E-state index contributed by atoms with van der Waals surface area (Å²) in [5.74, 6) is 2.64. The van der Waals surface area contributed by atoms with Gasteiger partial charge in [-0.1, -0.05) is 0 Å². The van der Waals surface area contributed by atoms with Crippen LogP contribution in [0.4, 0.5) is 0 Å². The van der Waals surface area contributed by atoms with E-state index in [1.165, 1.54) is 0 Å². The molecule has 2 atom stereocenters. The minimum absolute atomic E-state index is 0.0913. The van der Waals surface area contributed by atoms with Crippen molar-refractivity contribution in [2.24, 2.45) is 0 Å². The molecule has 0 heterocycles. The number of benzene rings is 4. The molecule has 4 nitrogen and oxygen atoms in total. The van der Waals surface area contributed by atoms with Crippen LogP contribution in [-0.2, 0) is 0 Å². The molecule has 0 saturated heterocycles. The summed E-state index contributed by atoms with van der Waals surface area (Å²) in [7, 11) is 0. The van der Waals surface area contributed by atoms with Crippen LogP contribution in [-0.4, -0.2) is 22.4 Å². The molecule has 4 aromatic carbocycles. The van der Waals surface area contributed by atoms with Crippen molar-refractivity contribution in [2.75, 3.05) is 0 Å². The van der Waals surface area contributed by atoms with Crippen LogP contribution in [0.2, 0.25) is 0 Å². The Morgan fingerprint density at radius 1 is 0.442 bits per heavy atom. The lowest BCUT2D eigenvalue weighted by atomic mass is 9.96. The van der Waals surface area contributed by atoms with Gasteiger partial charge >= 0.3 is 0 Å². The standard InChI is InChI=1S/C39H48O4/c1-22-14-32(15-23(2)36(22)40)34-18-26(5)38(27(6)19-34)42-30(9)12-11-13-31(10)43-39-28(7)20-35(21-29(39)8)33-16-24(3)37(41)25(4)17-33/h14-21,30-31,40-41H,11-13H2,1-10H3.